The van der Waals surface area contributed by atoms with Gasteiger partial charge >= 0.3 is 0 Å². The van der Waals surface area contributed by atoms with E-state index in [-0.39, 0.29) is 15.5 Å². The molecule has 3 aromatic carbocycles. The fourth-order valence-corrected chi connectivity index (χ4v) is 4.24. The molecule has 0 radical (unpaired) electrons. The van der Waals surface area contributed by atoms with E-state index >= 15 is 0 Å². The molecule has 3 aromatic rings. The highest BCUT2D eigenvalue weighted by molar-refractivity contribution is 7.89. The minimum absolute atomic E-state index is 0.0692. The largest absolute Gasteiger partial charge is 0.322 e. The van der Waals surface area contributed by atoms with Crippen LogP contribution in [-0.4, -0.2) is 32.7 Å². The molecular formula is C22H21ClN2O3S. The van der Waals surface area contributed by atoms with Crippen LogP contribution in [0.5, 0.6) is 0 Å². The van der Waals surface area contributed by atoms with E-state index in [4.69, 9.17) is 11.6 Å². The lowest BCUT2D eigenvalue weighted by molar-refractivity contribution is 0.102. The molecule has 0 bridgehead atoms. The van der Waals surface area contributed by atoms with E-state index in [1.807, 2.05) is 54.6 Å². The van der Waals surface area contributed by atoms with Gasteiger partial charge in [0.1, 0.15) is 4.90 Å². The first kappa shape index (κ1) is 21.0. The molecule has 0 fully saturated rings. The first-order chi connectivity index (χ1) is 13.8. The van der Waals surface area contributed by atoms with Crippen molar-refractivity contribution < 1.29 is 13.2 Å². The van der Waals surface area contributed by atoms with Crippen LogP contribution >= 0.6 is 11.6 Å². The van der Waals surface area contributed by atoms with Crippen LogP contribution in [0.15, 0.2) is 77.7 Å². The van der Waals surface area contributed by atoms with Crippen molar-refractivity contribution in [3.8, 4) is 0 Å². The Morgan fingerprint density at radius 2 is 1.62 bits per heavy atom. The predicted molar refractivity (Wildman–Crippen MR) is 116 cm³/mol. The standard InChI is InChI=1S/C22H21ClN2O3S/c1-25(2)29(27,28)21-15-18(12-13-19(21)23)22(26)24-20-11-7-6-10-17(20)14-16-8-4-3-5-9-16/h3-13,15H,14H2,1-2H3,(H,24,26). The Balaban J connectivity index is 1.88. The number of carbonyl (C=O) groups is 1. The molecular weight excluding hydrogens is 408 g/mol. The van der Waals surface area contributed by atoms with Crippen molar-refractivity contribution in [3.63, 3.8) is 0 Å². The maximum atomic E-state index is 12.8. The first-order valence-corrected chi connectivity index (χ1v) is 10.8. The molecule has 0 saturated carbocycles. The molecule has 0 unspecified atom stereocenters. The highest BCUT2D eigenvalue weighted by Gasteiger charge is 2.22. The molecule has 0 atom stereocenters. The number of benzene rings is 3. The van der Waals surface area contributed by atoms with Gasteiger partial charge in [-0.1, -0.05) is 60.1 Å². The van der Waals surface area contributed by atoms with Gasteiger partial charge in [-0.05, 0) is 41.8 Å². The Bertz CT molecular complexity index is 1130. The molecule has 0 saturated heterocycles. The summed E-state index contributed by atoms with van der Waals surface area (Å²) in [5, 5.41) is 2.95. The second-order valence-corrected chi connectivity index (χ2v) is 9.23. The minimum Gasteiger partial charge on any atom is -0.322 e. The van der Waals surface area contributed by atoms with Gasteiger partial charge in [-0.15, -0.1) is 0 Å². The highest BCUT2D eigenvalue weighted by Crippen LogP contribution is 2.26. The first-order valence-electron chi connectivity index (χ1n) is 8.94. The highest BCUT2D eigenvalue weighted by atomic mass is 35.5. The number of halogens is 1. The molecule has 0 aliphatic heterocycles. The van der Waals surface area contributed by atoms with Crippen LogP contribution < -0.4 is 5.32 Å². The Hall–Kier alpha value is -2.67. The van der Waals surface area contributed by atoms with Crippen LogP contribution in [0.1, 0.15) is 21.5 Å². The summed E-state index contributed by atoms with van der Waals surface area (Å²) in [7, 11) is -0.934. The van der Waals surface area contributed by atoms with Crippen LogP contribution in [-0.2, 0) is 16.4 Å². The zero-order valence-electron chi connectivity index (χ0n) is 16.1. The smallest absolute Gasteiger partial charge is 0.255 e. The molecule has 0 aliphatic carbocycles. The van der Waals surface area contributed by atoms with E-state index in [0.717, 1.165) is 15.4 Å². The molecule has 0 heterocycles. The van der Waals surface area contributed by atoms with Gasteiger partial charge in [0.05, 0.1) is 5.02 Å². The summed E-state index contributed by atoms with van der Waals surface area (Å²) >= 11 is 6.07. The Labute approximate surface area is 176 Å². The maximum absolute atomic E-state index is 12.8. The lowest BCUT2D eigenvalue weighted by Gasteiger charge is -2.15. The topological polar surface area (TPSA) is 66.5 Å². The molecule has 29 heavy (non-hydrogen) atoms. The van der Waals surface area contributed by atoms with Gasteiger partial charge in [0, 0.05) is 25.3 Å². The van der Waals surface area contributed by atoms with Gasteiger partial charge in [-0.2, -0.15) is 0 Å². The molecule has 1 amide bonds. The normalized spacial score (nSPS) is 11.4. The summed E-state index contributed by atoms with van der Waals surface area (Å²) in [6, 6.07) is 21.7. The van der Waals surface area contributed by atoms with Gasteiger partial charge in [-0.25, -0.2) is 12.7 Å². The van der Waals surface area contributed by atoms with E-state index in [1.54, 1.807) is 0 Å². The van der Waals surface area contributed by atoms with Crippen LogP contribution in [0.25, 0.3) is 0 Å². The average molecular weight is 429 g/mol. The summed E-state index contributed by atoms with van der Waals surface area (Å²) in [4.78, 5) is 12.7. The molecule has 3 rings (SSSR count). The molecule has 5 nitrogen and oxygen atoms in total. The average Bonchev–Trinajstić information content (AvgIpc) is 2.70. The number of sulfonamides is 1. The second kappa shape index (κ2) is 8.78. The minimum atomic E-state index is -3.76. The lowest BCUT2D eigenvalue weighted by atomic mass is 10.0. The molecule has 0 aliphatic rings. The number of nitrogens with one attached hydrogen (secondary N) is 1. The third kappa shape index (κ3) is 4.85. The fourth-order valence-electron chi connectivity index (χ4n) is 2.85. The third-order valence-electron chi connectivity index (χ3n) is 4.45. The number of hydrogen-bond donors (Lipinski definition) is 1. The zero-order valence-corrected chi connectivity index (χ0v) is 17.7. The quantitative estimate of drug-likeness (QED) is 0.631. The van der Waals surface area contributed by atoms with Crippen molar-refractivity contribution in [2.75, 3.05) is 19.4 Å². The van der Waals surface area contributed by atoms with Crippen LogP contribution in [0, 0.1) is 0 Å². The van der Waals surface area contributed by atoms with Crippen molar-refractivity contribution in [2.45, 2.75) is 11.3 Å². The predicted octanol–water partition coefficient (Wildman–Crippen LogP) is 4.43. The fraction of sp³-hybridized carbons (Fsp3) is 0.136. The maximum Gasteiger partial charge on any atom is 0.255 e. The van der Waals surface area contributed by atoms with Crippen molar-refractivity contribution in [3.05, 3.63) is 94.5 Å². The van der Waals surface area contributed by atoms with Crippen molar-refractivity contribution in [1.82, 2.24) is 4.31 Å². The van der Waals surface area contributed by atoms with Gasteiger partial charge in [0.2, 0.25) is 10.0 Å². The van der Waals surface area contributed by atoms with Crippen LogP contribution in [0.2, 0.25) is 5.02 Å². The number of anilines is 1. The molecule has 0 spiro atoms. The second-order valence-electron chi connectivity index (χ2n) is 6.71. The molecule has 1 N–H and O–H groups in total. The van der Waals surface area contributed by atoms with E-state index in [1.165, 1.54) is 32.3 Å². The SMILES string of the molecule is CN(C)S(=O)(=O)c1cc(C(=O)Nc2ccccc2Cc2ccccc2)ccc1Cl. The van der Waals surface area contributed by atoms with Gasteiger partial charge in [0.15, 0.2) is 0 Å². The van der Waals surface area contributed by atoms with Gasteiger partial charge in [0.25, 0.3) is 5.91 Å². The van der Waals surface area contributed by atoms with Gasteiger partial charge in [-0.3, -0.25) is 4.79 Å². The van der Waals surface area contributed by atoms with Crippen molar-refractivity contribution >= 4 is 33.2 Å². The monoisotopic (exact) mass is 428 g/mol. The summed E-state index contributed by atoms with van der Waals surface area (Å²) in [6.45, 7) is 0. The molecule has 7 heteroatoms. The van der Waals surface area contributed by atoms with Crippen LogP contribution in [0.4, 0.5) is 5.69 Å². The van der Waals surface area contributed by atoms with E-state index in [2.05, 4.69) is 5.32 Å². The Morgan fingerprint density at radius 3 is 2.31 bits per heavy atom. The molecule has 150 valence electrons. The number of amides is 1. The summed E-state index contributed by atoms with van der Waals surface area (Å²) in [6.07, 6.45) is 0.665. The van der Waals surface area contributed by atoms with Crippen LogP contribution in [0.3, 0.4) is 0 Å². The number of carbonyl (C=O) groups excluding carboxylic acids is 1. The Kier molecular flexibility index (Phi) is 6.37. The number of para-hydroxylation sites is 1. The summed E-state index contributed by atoms with van der Waals surface area (Å²) in [5.74, 6) is -0.405. The summed E-state index contributed by atoms with van der Waals surface area (Å²) < 4.78 is 26.0. The lowest BCUT2D eigenvalue weighted by Crippen LogP contribution is -2.23. The van der Waals surface area contributed by atoms with E-state index in [9.17, 15) is 13.2 Å². The van der Waals surface area contributed by atoms with E-state index in [0.29, 0.717) is 12.1 Å². The molecule has 0 aromatic heterocycles. The van der Waals surface area contributed by atoms with Gasteiger partial charge < -0.3 is 5.32 Å². The van der Waals surface area contributed by atoms with Crippen molar-refractivity contribution in [2.24, 2.45) is 0 Å². The Morgan fingerprint density at radius 1 is 0.966 bits per heavy atom. The van der Waals surface area contributed by atoms with Crippen molar-refractivity contribution in [1.29, 1.82) is 0 Å². The van der Waals surface area contributed by atoms with E-state index < -0.39 is 15.9 Å². The third-order valence-corrected chi connectivity index (χ3v) is 6.75. The zero-order chi connectivity index (χ0) is 21.0. The number of nitrogens with zero attached hydrogens (tertiary/aromatic N) is 1. The summed E-state index contributed by atoms with van der Waals surface area (Å²) in [5.41, 5.74) is 2.97. The number of rotatable bonds is 6. The number of hydrogen-bond acceptors (Lipinski definition) is 3.